The van der Waals surface area contributed by atoms with Gasteiger partial charge in [-0.2, -0.15) is 0 Å². The molecule has 0 saturated heterocycles. The number of benzene rings is 1. The highest BCUT2D eigenvalue weighted by molar-refractivity contribution is 5.96. The number of methoxy groups -OCH3 is 1. The fourth-order valence-electron chi connectivity index (χ4n) is 8.34. The van der Waals surface area contributed by atoms with Gasteiger partial charge in [-0.3, -0.25) is 9.59 Å². The first-order chi connectivity index (χ1) is 19.4. The Labute approximate surface area is 235 Å². The van der Waals surface area contributed by atoms with Gasteiger partial charge in [-0.05, 0) is 73.6 Å². The summed E-state index contributed by atoms with van der Waals surface area (Å²) in [5.74, 6) is 1.72. The van der Waals surface area contributed by atoms with Gasteiger partial charge >= 0.3 is 0 Å². The average molecular weight is 555 g/mol. The average Bonchev–Trinajstić information content (AvgIpc) is 3.77. The van der Waals surface area contributed by atoms with Gasteiger partial charge < -0.3 is 35.0 Å². The van der Waals surface area contributed by atoms with Gasteiger partial charge in [-0.15, -0.1) is 0 Å². The predicted octanol–water partition coefficient (Wildman–Crippen LogP) is 2.41. The summed E-state index contributed by atoms with van der Waals surface area (Å²) in [7, 11) is 1.52. The third-order valence-electron chi connectivity index (χ3n) is 10.1. The van der Waals surface area contributed by atoms with Crippen molar-refractivity contribution in [3.8, 4) is 11.5 Å². The van der Waals surface area contributed by atoms with Crippen LogP contribution in [-0.2, 0) is 16.2 Å². The summed E-state index contributed by atoms with van der Waals surface area (Å²) in [4.78, 5) is 29.5. The van der Waals surface area contributed by atoms with Crippen molar-refractivity contribution in [2.24, 2.45) is 17.8 Å². The van der Waals surface area contributed by atoms with Crippen molar-refractivity contribution < 1.29 is 34.4 Å². The molecule has 4 aliphatic carbocycles. The van der Waals surface area contributed by atoms with Gasteiger partial charge in [-0.25, -0.2) is 0 Å². The van der Waals surface area contributed by atoms with Crippen LogP contribution in [0.3, 0.4) is 0 Å². The van der Waals surface area contributed by atoms with Gasteiger partial charge in [-0.1, -0.05) is 19.3 Å². The van der Waals surface area contributed by atoms with Crippen molar-refractivity contribution in [3.63, 3.8) is 0 Å². The minimum atomic E-state index is -1.06. The number of ether oxygens (including phenoxy) is 2. The molecule has 7 atom stereocenters. The van der Waals surface area contributed by atoms with E-state index in [1.54, 1.807) is 18.2 Å². The molecule has 1 aliphatic heterocycles. The number of aliphatic hydroxyl groups is 3. The molecule has 218 valence electrons. The standard InChI is InChI=1S/C31H42N2O7/c1-39-25-13-18(16-35)12-22-27-23(31(38)32-8-9-34)15-24(28(37)30(27)40-29(22)25)33(21-4-2-3-5-21)26(36)14-20-11-17-6-7-19(20)10-17/h12-13,15,17,19-21,24,27-28,30,34-35,37H,2-11,14,16H2,1H3,(H,32,38)/t17?,19?,20?,24-,27+,28+,30+/m1/s1. The lowest BCUT2D eigenvalue weighted by atomic mass is 9.76. The monoisotopic (exact) mass is 554 g/mol. The maximum Gasteiger partial charge on any atom is 0.247 e. The van der Waals surface area contributed by atoms with Crippen LogP contribution >= 0.6 is 0 Å². The smallest absolute Gasteiger partial charge is 0.247 e. The highest BCUT2D eigenvalue weighted by Crippen LogP contribution is 2.53. The molecule has 1 heterocycles. The molecule has 2 bridgehead atoms. The van der Waals surface area contributed by atoms with Crippen LogP contribution in [0.5, 0.6) is 11.5 Å². The van der Waals surface area contributed by atoms with E-state index in [1.807, 2.05) is 4.90 Å². The number of fused-ring (bicyclic) bond motifs is 5. The minimum Gasteiger partial charge on any atom is -0.493 e. The van der Waals surface area contributed by atoms with E-state index in [-0.39, 0.29) is 37.6 Å². The lowest BCUT2D eigenvalue weighted by molar-refractivity contribution is -0.141. The number of hydrogen-bond acceptors (Lipinski definition) is 7. The van der Waals surface area contributed by atoms with Crippen LogP contribution in [0.1, 0.15) is 74.8 Å². The van der Waals surface area contributed by atoms with E-state index in [4.69, 9.17) is 9.47 Å². The second-order valence-corrected chi connectivity index (χ2v) is 12.4. The van der Waals surface area contributed by atoms with E-state index in [2.05, 4.69) is 5.32 Å². The van der Waals surface area contributed by atoms with Crippen molar-refractivity contribution in [3.05, 3.63) is 34.9 Å². The Hall–Kier alpha value is -2.62. The van der Waals surface area contributed by atoms with E-state index >= 15 is 0 Å². The molecule has 1 aromatic rings. The zero-order chi connectivity index (χ0) is 28.0. The molecule has 0 spiro atoms. The third kappa shape index (κ3) is 4.80. The van der Waals surface area contributed by atoms with E-state index in [0.717, 1.165) is 38.0 Å². The summed E-state index contributed by atoms with van der Waals surface area (Å²) in [5.41, 5.74) is 1.68. The number of nitrogens with one attached hydrogen (secondary N) is 1. The van der Waals surface area contributed by atoms with E-state index in [0.29, 0.717) is 46.5 Å². The van der Waals surface area contributed by atoms with Crippen molar-refractivity contribution in [2.45, 2.75) is 94.6 Å². The van der Waals surface area contributed by atoms with Crippen LogP contribution in [-0.4, -0.2) is 76.6 Å². The Bertz CT molecular complexity index is 1160. The number of hydrogen-bond donors (Lipinski definition) is 4. The zero-order valence-corrected chi connectivity index (χ0v) is 23.3. The molecule has 4 N–H and O–H groups in total. The highest BCUT2D eigenvalue weighted by Gasteiger charge is 2.53. The molecule has 3 saturated carbocycles. The SMILES string of the molecule is COc1cc(CO)cc2c1O[C@@H]1[C@@H](O)[C@H](N(C(=O)CC3CC4CCC3C4)C3CCCC3)C=C(C(=O)NCCO)[C@H]21. The molecule has 1 aromatic carbocycles. The molecule has 0 aromatic heterocycles. The Morgan fingerprint density at radius 3 is 2.58 bits per heavy atom. The Morgan fingerprint density at radius 2 is 1.93 bits per heavy atom. The summed E-state index contributed by atoms with van der Waals surface area (Å²) in [5, 5.41) is 33.9. The lowest BCUT2D eigenvalue weighted by Crippen LogP contribution is -2.58. The maximum atomic E-state index is 14.1. The van der Waals surface area contributed by atoms with Gasteiger partial charge in [0.1, 0.15) is 12.2 Å². The van der Waals surface area contributed by atoms with Gasteiger partial charge in [0.05, 0.1) is 32.3 Å². The first kappa shape index (κ1) is 27.5. The summed E-state index contributed by atoms with van der Waals surface area (Å²) < 4.78 is 11.9. The highest BCUT2D eigenvalue weighted by atomic mass is 16.5. The summed E-state index contributed by atoms with van der Waals surface area (Å²) in [6.07, 6.45) is 9.07. The second kappa shape index (κ2) is 11.3. The first-order valence-corrected chi connectivity index (χ1v) is 15.0. The summed E-state index contributed by atoms with van der Waals surface area (Å²) in [6.45, 7) is -0.329. The molecule has 3 fully saturated rings. The Morgan fingerprint density at radius 1 is 1.12 bits per heavy atom. The fraction of sp³-hybridized carbons (Fsp3) is 0.677. The number of carbonyl (C=O) groups excluding carboxylic acids is 2. The molecule has 5 aliphatic rings. The van der Waals surface area contributed by atoms with Crippen LogP contribution in [0.15, 0.2) is 23.8 Å². The van der Waals surface area contributed by atoms with Gasteiger partial charge in [0.15, 0.2) is 11.5 Å². The third-order valence-corrected chi connectivity index (χ3v) is 10.1. The largest absolute Gasteiger partial charge is 0.493 e. The Kier molecular flexibility index (Phi) is 7.81. The molecule has 3 unspecified atom stereocenters. The summed E-state index contributed by atoms with van der Waals surface area (Å²) in [6, 6.07) is 2.79. The normalized spacial score (nSPS) is 32.3. The number of nitrogens with zero attached hydrogens (tertiary/aromatic N) is 1. The molecule has 40 heavy (non-hydrogen) atoms. The molecule has 2 amide bonds. The molecular formula is C31H42N2O7. The molecule has 9 nitrogen and oxygen atoms in total. The van der Waals surface area contributed by atoms with Crippen LogP contribution in [0.2, 0.25) is 0 Å². The number of carbonyl (C=O) groups is 2. The van der Waals surface area contributed by atoms with Crippen LogP contribution < -0.4 is 14.8 Å². The van der Waals surface area contributed by atoms with E-state index in [9.17, 15) is 24.9 Å². The second-order valence-electron chi connectivity index (χ2n) is 12.4. The molecule has 6 rings (SSSR count). The van der Waals surface area contributed by atoms with Crippen molar-refractivity contribution in [2.75, 3.05) is 20.3 Å². The van der Waals surface area contributed by atoms with Crippen LogP contribution in [0.4, 0.5) is 0 Å². The Balaban J connectivity index is 1.38. The van der Waals surface area contributed by atoms with Gasteiger partial charge in [0.2, 0.25) is 11.8 Å². The van der Waals surface area contributed by atoms with E-state index < -0.39 is 24.2 Å². The first-order valence-electron chi connectivity index (χ1n) is 15.0. The predicted molar refractivity (Wildman–Crippen MR) is 147 cm³/mol. The van der Waals surface area contributed by atoms with Crippen LogP contribution in [0.25, 0.3) is 0 Å². The zero-order valence-electron chi connectivity index (χ0n) is 23.3. The molecule has 9 heteroatoms. The number of amides is 2. The van der Waals surface area contributed by atoms with Crippen molar-refractivity contribution in [1.82, 2.24) is 10.2 Å². The lowest BCUT2D eigenvalue weighted by Gasteiger charge is -2.43. The molecular weight excluding hydrogens is 512 g/mol. The summed E-state index contributed by atoms with van der Waals surface area (Å²) >= 11 is 0. The topological polar surface area (TPSA) is 129 Å². The van der Waals surface area contributed by atoms with Crippen molar-refractivity contribution in [1.29, 1.82) is 0 Å². The van der Waals surface area contributed by atoms with E-state index in [1.165, 1.54) is 26.4 Å². The van der Waals surface area contributed by atoms with Gasteiger partial charge in [0, 0.05) is 30.1 Å². The fourth-order valence-corrected chi connectivity index (χ4v) is 8.34. The molecule has 0 radical (unpaired) electrons. The maximum absolute atomic E-state index is 14.1. The van der Waals surface area contributed by atoms with Crippen LogP contribution in [0, 0.1) is 17.8 Å². The van der Waals surface area contributed by atoms with Crippen molar-refractivity contribution >= 4 is 11.8 Å². The number of rotatable bonds is 9. The number of aliphatic hydroxyl groups excluding tert-OH is 3. The van der Waals surface area contributed by atoms with Gasteiger partial charge in [0.25, 0.3) is 0 Å². The minimum absolute atomic E-state index is 0.0135. The quantitative estimate of drug-likeness (QED) is 0.369.